The number of allylic oxidation sites excluding steroid dienone is 14. The van der Waals surface area contributed by atoms with E-state index in [1.807, 2.05) is 0 Å². The molecule has 0 saturated heterocycles. The van der Waals surface area contributed by atoms with Gasteiger partial charge in [-0.15, -0.1) is 0 Å². The molecule has 0 N–H and O–H groups in total. The largest absolute Gasteiger partial charge is 0.462 e. The van der Waals surface area contributed by atoms with E-state index in [0.29, 0.717) is 19.3 Å². The van der Waals surface area contributed by atoms with Gasteiger partial charge in [-0.05, 0) is 109 Å². The number of hydrogen-bond donors (Lipinski definition) is 0. The zero-order chi connectivity index (χ0) is 45.8. The zero-order valence-electron chi connectivity index (χ0n) is 41.1. The number of esters is 3. The van der Waals surface area contributed by atoms with Crippen LogP contribution in [0.5, 0.6) is 0 Å². The molecule has 0 aromatic carbocycles. The summed E-state index contributed by atoms with van der Waals surface area (Å²) in [7, 11) is 0. The highest BCUT2D eigenvalue weighted by Gasteiger charge is 2.19. The number of rotatable bonds is 46. The molecule has 0 aliphatic rings. The lowest BCUT2D eigenvalue weighted by Gasteiger charge is -2.18. The summed E-state index contributed by atoms with van der Waals surface area (Å²) in [5.74, 6) is -0.942. The summed E-state index contributed by atoms with van der Waals surface area (Å²) in [5.41, 5.74) is 0. The maximum Gasteiger partial charge on any atom is 0.306 e. The Hall–Kier alpha value is -3.41. The molecule has 0 fully saturated rings. The average molecular weight is 877 g/mol. The van der Waals surface area contributed by atoms with Gasteiger partial charge < -0.3 is 14.2 Å². The van der Waals surface area contributed by atoms with Gasteiger partial charge in [0.1, 0.15) is 13.2 Å². The van der Waals surface area contributed by atoms with Gasteiger partial charge in [0.15, 0.2) is 6.10 Å². The maximum absolute atomic E-state index is 12.8. The Bertz CT molecular complexity index is 1240. The van der Waals surface area contributed by atoms with Crippen LogP contribution in [0, 0.1) is 0 Å². The fraction of sp³-hybridized carbons (Fsp3) is 0.702. The Balaban J connectivity index is 4.42. The Kier molecular flexibility index (Phi) is 48.5. The van der Waals surface area contributed by atoms with Crippen LogP contribution in [0.15, 0.2) is 85.1 Å². The first kappa shape index (κ1) is 59.6. The zero-order valence-corrected chi connectivity index (χ0v) is 41.1. The SMILES string of the molecule is CC/C=C\C/C=C\C/C=C\C/C=C\C/C=C\CCCCCC(=O)OC[C@H](COC(=O)CCCCCCCCC/C=C\CCCCCC)OC(=O)CCCCCCC/C=C\CCCC. The first-order valence-corrected chi connectivity index (χ1v) is 26.1. The van der Waals surface area contributed by atoms with Crippen molar-refractivity contribution in [2.75, 3.05) is 13.2 Å². The molecular weight excluding hydrogens is 781 g/mol. The summed E-state index contributed by atoms with van der Waals surface area (Å²) in [6, 6.07) is 0. The summed E-state index contributed by atoms with van der Waals surface area (Å²) < 4.78 is 16.8. The van der Waals surface area contributed by atoms with Crippen LogP contribution in [-0.4, -0.2) is 37.2 Å². The number of ether oxygens (including phenoxy) is 3. The van der Waals surface area contributed by atoms with E-state index in [9.17, 15) is 14.4 Å². The highest BCUT2D eigenvalue weighted by Crippen LogP contribution is 2.14. The van der Waals surface area contributed by atoms with E-state index < -0.39 is 6.10 Å². The summed E-state index contributed by atoms with van der Waals surface area (Å²) in [5, 5.41) is 0. The molecule has 0 rings (SSSR count). The Morgan fingerprint density at radius 1 is 0.333 bits per heavy atom. The van der Waals surface area contributed by atoms with Crippen molar-refractivity contribution in [2.24, 2.45) is 0 Å². The van der Waals surface area contributed by atoms with Gasteiger partial charge in [0.2, 0.25) is 0 Å². The van der Waals surface area contributed by atoms with Crippen molar-refractivity contribution in [3.05, 3.63) is 85.1 Å². The van der Waals surface area contributed by atoms with Crippen LogP contribution in [0.2, 0.25) is 0 Å². The van der Waals surface area contributed by atoms with Crippen LogP contribution in [0.3, 0.4) is 0 Å². The molecule has 360 valence electrons. The monoisotopic (exact) mass is 877 g/mol. The lowest BCUT2D eigenvalue weighted by Crippen LogP contribution is -2.30. The molecule has 0 aliphatic heterocycles. The van der Waals surface area contributed by atoms with Gasteiger partial charge in [-0.25, -0.2) is 0 Å². The van der Waals surface area contributed by atoms with Crippen molar-refractivity contribution in [2.45, 2.75) is 245 Å². The van der Waals surface area contributed by atoms with E-state index in [1.165, 1.54) is 89.9 Å². The van der Waals surface area contributed by atoms with Crippen LogP contribution in [0.25, 0.3) is 0 Å². The van der Waals surface area contributed by atoms with Gasteiger partial charge >= 0.3 is 17.9 Å². The predicted octanol–water partition coefficient (Wildman–Crippen LogP) is 17.2. The van der Waals surface area contributed by atoms with Gasteiger partial charge in [-0.1, -0.05) is 196 Å². The first-order chi connectivity index (χ1) is 31.0. The second-order valence-corrected chi connectivity index (χ2v) is 17.0. The normalized spacial score (nSPS) is 12.7. The molecule has 0 saturated carbocycles. The highest BCUT2D eigenvalue weighted by molar-refractivity contribution is 5.71. The summed E-state index contributed by atoms with van der Waals surface area (Å²) in [6.45, 7) is 6.43. The minimum atomic E-state index is -0.795. The smallest absolute Gasteiger partial charge is 0.306 e. The second kappa shape index (κ2) is 51.2. The molecule has 0 heterocycles. The van der Waals surface area contributed by atoms with Crippen molar-refractivity contribution < 1.29 is 28.6 Å². The minimum Gasteiger partial charge on any atom is -0.462 e. The van der Waals surface area contributed by atoms with E-state index in [2.05, 4.69) is 106 Å². The molecular formula is C57H96O6. The molecule has 0 aromatic rings. The average Bonchev–Trinajstić information content (AvgIpc) is 3.28. The van der Waals surface area contributed by atoms with Gasteiger partial charge in [-0.2, -0.15) is 0 Å². The maximum atomic E-state index is 12.8. The molecule has 0 unspecified atom stereocenters. The van der Waals surface area contributed by atoms with Gasteiger partial charge in [-0.3, -0.25) is 14.4 Å². The Labute approximate surface area is 388 Å². The minimum absolute atomic E-state index is 0.0932. The standard InChI is InChI=1S/C57H96O6/c1-4-7-10-13-16-19-22-24-26-27-28-29-31-33-36-38-41-44-47-50-56(59)62-53-54(63-57(60)51-48-45-42-39-34-21-18-15-12-9-6-3)52-61-55(58)49-46-43-40-37-35-32-30-25-23-20-17-14-11-8-5-2/h7,10,15-16,18-20,23-24,26,28-29,33,36,54H,4-6,8-9,11-14,17,21-22,25,27,30-32,34-35,37-53H2,1-3H3/b10-7-,18-15-,19-16-,23-20-,26-24-,29-28-,36-33-/t54-/m0/s1. The lowest BCUT2D eigenvalue weighted by atomic mass is 10.1. The van der Waals surface area contributed by atoms with Gasteiger partial charge in [0, 0.05) is 19.3 Å². The van der Waals surface area contributed by atoms with Crippen LogP contribution in [-0.2, 0) is 28.6 Å². The molecule has 6 nitrogen and oxygen atoms in total. The van der Waals surface area contributed by atoms with Gasteiger partial charge in [0.25, 0.3) is 0 Å². The van der Waals surface area contributed by atoms with Crippen molar-refractivity contribution in [3.63, 3.8) is 0 Å². The van der Waals surface area contributed by atoms with Crippen molar-refractivity contribution >= 4 is 17.9 Å². The van der Waals surface area contributed by atoms with E-state index in [-0.39, 0.29) is 31.1 Å². The third kappa shape index (κ3) is 49.5. The second-order valence-electron chi connectivity index (χ2n) is 17.0. The van der Waals surface area contributed by atoms with Crippen LogP contribution < -0.4 is 0 Å². The third-order valence-corrected chi connectivity index (χ3v) is 10.9. The highest BCUT2D eigenvalue weighted by atomic mass is 16.6. The topological polar surface area (TPSA) is 78.9 Å². The van der Waals surface area contributed by atoms with E-state index in [4.69, 9.17) is 14.2 Å². The Morgan fingerprint density at radius 2 is 0.635 bits per heavy atom. The van der Waals surface area contributed by atoms with Crippen LogP contribution >= 0.6 is 0 Å². The predicted molar refractivity (Wildman–Crippen MR) is 270 cm³/mol. The third-order valence-electron chi connectivity index (χ3n) is 10.9. The van der Waals surface area contributed by atoms with Crippen molar-refractivity contribution in [3.8, 4) is 0 Å². The summed E-state index contributed by atoms with van der Waals surface area (Å²) in [4.78, 5) is 38.0. The number of hydrogen-bond acceptors (Lipinski definition) is 6. The first-order valence-electron chi connectivity index (χ1n) is 26.1. The number of unbranched alkanes of at least 4 members (excludes halogenated alkanes) is 21. The molecule has 6 heteroatoms. The summed E-state index contributed by atoms with van der Waals surface area (Å²) in [6.07, 6.45) is 65.6. The van der Waals surface area contributed by atoms with E-state index in [1.54, 1.807) is 0 Å². The van der Waals surface area contributed by atoms with Crippen LogP contribution in [0.4, 0.5) is 0 Å². The molecule has 0 aromatic heterocycles. The molecule has 0 amide bonds. The number of carbonyl (C=O) groups is 3. The fourth-order valence-electron chi connectivity index (χ4n) is 6.91. The molecule has 0 spiro atoms. The molecule has 63 heavy (non-hydrogen) atoms. The Morgan fingerprint density at radius 3 is 1.05 bits per heavy atom. The van der Waals surface area contributed by atoms with Crippen molar-refractivity contribution in [1.29, 1.82) is 0 Å². The lowest BCUT2D eigenvalue weighted by molar-refractivity contribution is -0.167. The summed E-state index contributed by atoms with van der Waals surface area (Å²) >= 11 is 0. The van der Waals surface area contributed by atoms with Crippen LogP contribution in [0.1, 0.15) is 239 Å². The van der Waals surface area contributed by atoms with Crippen molar-refractivity contribution in [1.82, 2.24) is 0 Å². The quantitative estimate of drug-likeness (QED) is 0.0262. The number of carbonyl (C=O) groups excluding carboxylic acids is 3. The van der Waals surface area contributed by atoms with E-state index >= 15 is 0 Å². The molecule has 0 bridgehead atoms. The molecule has 0 aliphatic carbocycles. The van der Waals surface area contributed by atoms with Gasteiger partial charge in [0.05, 0.1) is 0 Å². The molecule has 1 atom stereocenters. The van der Waals surface area contributed by atoms with E-state index in [0.717, 1.165) is 109 Å². The molecule has 0 radical (unpaired) electrons. The fourth-order valence-corrected chi connectivity index (χ4v) is 6.91.